The molecule has 0 aliphatic heterocycles. The minimum absolute atomic E-state index is 0.0358. The highest BCUT2D eigenvalue weighted by Gasteiger charge is 2.35. The summed E-state index contributed by atoms with van der Waals surface area (Å²) >= 11 is 3.37. The Morgan fingerprint density at radius 2 is 1.90 bits per heavy atom. The minimum atomic E-state index is -4.45. The highest BCUT2D eigenvalue weighted by Crippen LogP contribution is 2.37. The van der Waals surface area contributed by atoms with Crippen LogP contribution in [0.2, 0.25) is 0 Å². The quantitative estimate of drug-likeness (QED) is 0.885. The molecule has 6 heteroatoms. The Morgan fingerprint density at radius 3 is 2.55 bits per heavy atom. The van der Waals surface area contributed by atoms with Crippen molar-refractivity contribution in [2.24, 2.45) is 5.73 Å². The van der Waals surface area contributed by atoms with Gasteiger partial charge in [0.15, 0.2) is 0 Å². The van der Waals surface area contributed by atoms with Crippen LogP contribution in [0.15, 0.2) is 41.1 Å². The van der Waals surface area contributed by atoms with Crippen LogP contribution in [0, 0.1) is 6.92 Å². The molecule has 1 heterocycles. The van der Waals surface area contributed by atoms with E-state index in [1.54, 1.807) is 12.1 Å². The van der Waals surface area contributed by atoms with E-state index in [1.807, 2.05) is 13.0 Å². The molecule has 0 fully saturated rings. The molecule has 0 amide bonds. The smallest absolute Gasteiger partial charge is 0.320 e. The van der Waals surface area contributed by atoms with Crippen molar-refractivity contribution in [1.29, 1.82) is 0 Å². The van der Waals surface area contributed by atoms with Crippen molar-refractivity contribution in [3.05, 3.63) is 63.4 Å². The van der Waals surface area contributed by atoms with Crippen molar-refractivity contribution < 1.29 is 13.2 Å². The van der Waals surface area contributed by atoms with Crippen LogP contribution < -0.4 is 5.73 Å². The SMILES string of the molecule is Cc1cccc(C(N)c2cnccc2C(F)(F)F)c1Br. The second-order valence-corrected chi connectivity index (χ2v) is 5.21. The molecule has 0 aliphatic rings. The van der Waals surface area contributed by atoms with Crippen molar-refractivity contribution >= 4 is 15.9 Å². The standard InChI is InChI=1S/C14H12BrF3N2/c1-8-3-2-4-9(12(8)15)13(19)10-7-20-6-5-11(10)14(16,17)18/h2-7,13H,19H2,1H3. The van der Waals surface area contributed by atoms with Gasteiger partial charge >= 0.3 is 6.18 Å². The van der Waals surface area contributed by atoms with Crippen LogP contribution in [0.1, 0.15) is 28.3 Å². The Bertz CT molecular complexity index is 626. The van der Waals surface area contributed by atoms with Crippen molar-refractivity contribution in [2.75, 3.05) is 0 Å². The summed E-state index contributed by atoms with van der Waals surface area (Å²) in [5.41, 5.74) is 6.73. The maximum atomic E-state index is 13.0. The third-order valence-corrected chi connectivity index (χ3v) is 4.13. The van der Waals surface area contributed by atoms with Gasteiger partial charge < -0.3 is 5.73 Å². The summed E-state index contributed by atoms with van der Waals surface area (Å²) in [6.07, 6.45) is -2.17. The first-order chi connectivity index (χ1) is 9.32. The van der Waals surface area contributed by atoms with Crippen LogP contribution in [-0.2, 0) is 6.18 Å². The minimum Gasteiger partial charge on any atom is -0.320 e. The molecule has 1 unspecified atom stereocenters. The van der Waals surface area contributed by atoms with Crippen molar-refractivity contribution in [3.8, 4) is 0 Å². The number of benzene rings is 1. The van der Waals surface area contributed by atoms with Crippen LogP contribution in [-0.4, -0.2) is 4.98 Å². The lowest BCUT2D eigenvalue weighted by molar-refractivity contribution is -0.138. The number of rotatable bonds is 2. The molecule has 0 aliphatic carbocycles. The number of pyridine rings is 1. The van der Waals surface area contributed by atoms with E-state index in [1.165, 1.54) is 6.20 Å². The van der Waals surface area contributed by atoms with Gasteiger partial charge in [-0.15, -0.1) is 0 Å². The van der Waals surface area contributed by atoms with Gasteiger partial charge in [0.25, 0.3) is 0 Å². The number of aryl methyl sites for hydroxylation is 1. The second-order valence-electron chi connectivity index (χ2n) is 4.42. The number of alkyl halides is 3. The topological polar surface area (TPSA) is 38.9 Å². The lowest BCUT2D eigenvalue weighted by Crippen LogP contribution is -2.19. The number of nitrogens with two attached hydrogens (primary N) is 1. The molecule has 1 atom stereocenters. The summed E-state index contributed by atoms with van der Waals surface area (Å²) in [6, 6.07) is 5.37. The molecule has 0 radical (unpaired) electrons. The molecule has 1 aromatic heterocycles. The molecular formula is C14H12BrF3N2. The van der Waals surface area contributed by atoms with Crippen LogP contribution in [0.5, 0.6) is 0 Å². The Hall–Kier alpha value is -1.40. The highest BCUT2D eigenvalue weighted by molar-refractivity contribution is 9.10. The molecule has 0 bridgehead atoms. The Labute approximate surface area is 123 Å². The van der Waals surface area contributed by atoms with Crippen LogP contribution >= 0.6 is 15.9 Å². The maximum Gasteiger partial charge on any atom is 0.416 e. The van der Waals surface area contributed by atoms with E-state index in [4.69, 9.17) is 5.73 Å². The molecule has 2 N–H and O–H groups in total. The fourth-order valence-electron chi connectivity index (χ4n) is 1.99. The first kappa shape index (κ1) is 15.0. The molecule has 2 rings (SSSR count). The molecule has 20 heavy (non-hydrogen) atoms. The van der Waals surface area contributed by atoms with Gasteiger partial charge in [-0.05, 0) is 24.1 Å². The Morgan fingerprint density at radius 1 is 1.20 bits per heavy atom. The molecule has 0 spiro atoms. The van der Waals surface area contributed by atoms with E-state index >= 15 is 0 Å². The zero-order valence-corrected chi connectivity index (χ0v) is 12.2. The summed E-state index contributed by atoms with van der Waals surface area (Å²) in [7, 11) is 0. The monoisotopic (exact) mass is 344 g/mol. The van der Waals surface area contributed by atoms with Gasteiger partial charge in [0.1, 0.15) is 0 Å². The van der Waals surface area contributed by atoms with Gasteiger partial charge in [0, 0.05) is 22.4 Å². The molecule has 1 aromatic carbocycles. The molecule has 0 saturated heterocycles. The summed E-state index contributed by atoms with van der Waals surface area (Å²) in [5.74, 6) is 0. The number of nitrogens with zero attached hydrogens (tertiary/aromatic N) is 1. The van der Waals surface area contributed by atoms with Gasteiger partial charge in [-0.1, -0.05) is 34.1 Å². The largest absolute Gasteiger partial charge is 0.416 e. The Kier molecular flexibility index (Phi) is 4.15. The molecular weight excluding hydrogens is 333 g/mol. The van der Waals surface area contributed by atoms with E-state index in [0.29, 0.717) is 10.0 Å². The number of aromatic nitrogens is 1. The predicted octanol–water partition coefficient (Wildman–Crippen LogP) is 4.22. The van der Waals surface area contributed by atoms with E-state index < -0.39 is 17.8 Å². The average molecular weight is 345 g/mol. The van der Waals surface area contributed by atoms with E-state index in [2.05, 4.69) is 20.9 Å². The van der Waals surface area contributed by atoms with Gasteiger partial charge in [-0.2, -0.15) is 13.2 Å². The van der Waals surface area contributed by atoms with Crippen LogP contribution in [0.3, 0.4) is 0 Å². The van der Waals surface area contributed by atoms with Crippen molar-refractivity contribution in [3.63, 3.8) is 0 Å². The lowest BCUT2D eigenvalue weighted by atomic mass is 9.95. The van der Waals surface area contributed by atoms with Crippen molar-refractivity contribution in [1.82, 2.24) is 4.98 Å². The normalized spacial score (nSPS) is 13.3. The third-order valence-electron chi connectivity index (χ3n) is 3.05. The zero-order chi connectivity index (χ0) is 14.9. The Balaban J connectivity index is 2.55. The zero-order valence-electron chi connectivity index (χ0n) is 10.6. The first-order valence-electron chi connectivity index (χ1n) is 5.84. The van der Waals surface area contributed by atoms with Gasteiger partial charge in [0.05, 0.1) is 11.6 Å². The average Bonchev–Trinajstić information content (AvgIpc) is 2.40. The predicted molar refractivity (Wildman–Crippen MR) is 74.1 cm³/mol. The molecule has 106 valence electrons. The number of hydrogen-bond acceptors (Lipinski definition) is 2. The van der Waals surface area contributed by atoms with E-state index in [-0.39, 0.29) is 5.56 Å². The summed E-state index contributed by atoms with van der Waals surface area (Å²) in [4.78, 5) is 3.76. The fourth-order valence-corrected chi connectivity index (χ4v) is 2.50. The first-order valence-corrected chi connectivity index (χ1v) is 6.63. The summed E-state index contributed by atoms with van der Waals surface area (Å²) in [5, 5.41) is 0. The lowest BCUT2D eigenvalue weighted by Gasteiger charge is -2.19. The van der Waals surface area contributed by atoms with Crippen LogP contribution in [0.4, 0.5) is 13.2 Å². The van der Waals surface area contributed by atoms with E-state index in [9.17, 15) is 13.2 Å². The van der Waals surface area contributed by atoms with Crippen LogP contribution in [0.25, 0.3) is 0 Å². The van der Waals surface area contributed by atoms with Crippen molar-refractivity contribution in [2.45, 2.75) is 19.1 Å². The van der Waals surface area contributed by atoms with Gasteiger partial charge in [-0.25, -0.2) is 0 Å². The third kappa shape index (κ3) is 2.86. The number of hydrogen-bond donors (Lipinski definition) is 1. The van der Waals surface area contributed by atoms with Gasteiger partial charge in [-0.3, -0.25) is 4.98 Å². The summed E-state index contributed by atoms with van der Waals surface area (Å²) < 4.78 is 39.7. The van der Waals surface area contributed by atoms with E-state index in [0.717, 1.165) is 17.8 Å². The molecule has 0 saturated carbocycles. The summed E-state index contributed by atoms with van der Waals surface area (Å²) in [6.45, 7) is 1.86. The fraction of sp³-hybridized carbons (Fsp3) is 0.214. The highest BCUT2D eigenvalue weighted by atomic mass is 79.9. The van der Waals surface area contributed by atoms with Gasteiger partial charge in [0.2, 0.25) is 0 Å². The number of halogens is 4. The maximum absolute atomic E-state index is 13.0. The second kappa shape index (κ2) is 5.54. The molecule has 2 nitrogen and oxygen atoms in total. The molecule has 2 aromatic rings.